The van der Waals surface area contributed by atoms with Gasteiger partial charge in [-0.05, 0) is 43.5 Å². The number of hydrogen-bond donors (Lipinski definition) is 0. The second kappa shape index (κ2) is 4.09. The second-order valence-electron chi connectivity index (χ2n) is 3.33. The van der Waals surface area contributed by atoms with Crippen LogP contribution in [0, 0.1) is 20.8 Å². The third kappa shape index (κ3) is 2.22. The van der Waals surface area contributed by atoms with Gasteiger partial charge in [0.05, 0.1) is 0 Å². The van der Waals surface area contributed by atoms with Crippen LogP contribution >= 0.6 is 0 Å². The monoisotopic (exact) mass is 190 g/mol. The van der Waals surface area contributed by atoms with Gasteiger partial charge >= 0.3 is 5.97 Å². The summed E-state index contributed by atoms with van der Waals surface area (Å²) in [5, 5.41) is 0. The summed E-state index contributed by atoms with van der Waals surface area (Å²) in [6.07, 6.45) is 1.16. The van der Waals surface area contributed by atoms with E-state index < -0.39 is 5.97 Å². The Kier molecular flexibility index (Phi) is 3.07. The number of hydrogen-bond acceptors (Lipinski definition) is 2. The van der Waals surface area contributed by atoms with Crippen molar-refractivity contribution in [3.63, 3.8) is 0 Å². The average molecular weight is 190 g/mol. The molecule has 1 aromatic rings. The number of carbonyl (C=O) groups excluding carboxylic acids is 1. The SMILES string of the molecule is C=CC(=O)Oc1cc(C)cc(C)c1C. The van der Waals surface area contributed by atoms with Crippen molar-refractivity contribution in [3.8, 4) is 5.75 Å². The lowest BCUT2D eigenvalue weighted by Crippen LogP contribution is -2.05. The quantitative estimate of drug-likeness (QED) is 0.407. The molecule has 0 aliphatic carbocycles. The van der Waals surface area contributed by atoms with Gasteiger partial charge in [-0.1, -0.05) is 12.6 Å². The lowest BCUT2D eigenvalue weighted by Gasteiger charge is -2.09. The Bertz CT molecular complexity index is 378. The number of rotatable bonds is 2. The van der Waals surface area contributed by atoms with Gasteiger partial charge in [-0.2, -0.15) is 0 Å². The summed E-state index contributed by atoms with van der Waals surface area (Å²) in [6, 6.07) is 3.91. The summed E-state index contributed by atoms with van der Waals surface area (Å²) < 4.78 is 5.10. The molecule has 0 amide bonds. The van der Waals surface area contributed by atoms with Gasteiger partial charge in [-0.3, -0.25) is 0 Å². The largest absolute Gasteiger partial charge is 0.423 e. The zero-order valence-corrected chi connectivity index (χ0v) is 8.76. The maximum absolute atomic E-state index is 11.0. The van der Waals surface area contributed by atoms with Crippen molar-refractivity contribution in [3.05, 3.63) is 41.5 Å². The molecule has 1 rings (SSSR count). The van der Waals surface area contributed by atoms with Crippen LogP contribution in [0.15, 0.2) is 24.8 Å². The first-order valence-corrected chi connectivity index (χ1v) is 4.46. The molecule has 0 N–H and O–H groups in total. The molecule has 74 valence electrons. The molecule has 14 heavy (non-hydrogen) atoms. The summed E-state index contributed by atoms with van der Waals surface area (Å²) in [5.74, 6) is 0.200. The summed E-state index contributed by atoms with van der Waals surface area (Å²) in [5.41, 5.74) is 3.20. The van der Waals surface area contributed by atoms with Gasteiger partial charge in [0, 0.05) is 6.08 Å². The van der Waals surface area contributed by atoms with Gasteiger partial charge in [0.1, 0.15) is 5.75 Å². The molecule has 0 unspecified atom stereocenters. The Labute approximate surface area is 84.2 Å². The fourth-order valence-electron chi connectivity index (χ4n) is 1.26. The third-order valence-electron chi connectivity index (χ3n) is 2.14. The van der Waals surface area contributed by atoms with Gasteiger partial charge in [0.25, 0.3) is 0 Å². The van der Waals surface area contributed by atoms with E-state index in [9.17, 15) is 4.79 Å². The number of esters is 1. The van der Waals surface area contributed by atoms with Crippen LogP contribution in [0.3, 0.4) is 0 Å². The highest BCUT2D eigenvalue weighted by atomic mass is 16.5. The fraction of sp³-hybridized carbons (Fsp3) is 0.250. The molecule has 2 nitrogen and oxygen atoms in total. The molecule has 0 aliphatic heterocycles. The van der Waals surface area contributed by atoms with Crippen molar-refractivity contribution in [1.29, 1.82) is 0 Å². The van der Waals surface area contributed by atoms with Crippen molar-refractivity contribution >= 4 is 5.97 Å². The normalized spacial score (nSPS) is 9.64. The number of carbonyl (C=O) groups is 1. The lowest BCUT2D eigenvalue weighted by molar-refractivity contribution is -0.129. The maximum Gasteiger partial charge on any atom is 0.335 e. The van der Waals surface area contributed by atoms with Crippen LogP contribution in [0.25, 0.3) is 0 Å². The smallest absolute Gasteiger partial charge is 0.335 e. The predicted molar refractivity (Wildman–Crippen MR) is 56.5 cm³/mol. The van der Waals surface area contributed by atoms with Crippen LogP contribution in [0.2, 0.25) is 0 Å². The Hall–Kier alpha value is -1.57. The molecule has 0 fully saturated rings. The fourth-order valence-corrected chi connectivity index (χ4v) is 1.26. The minimum atomic E-state index is -0.418. The molecular formula is C12H14O2. The van der Waals surface area contributed by atoms with E-state index >= 15 is 0 Å². The number of ether oxygens (including phenoxy) is 1. The molecule has 0 bridgehead atoms. The minimum absolute atomic E-state index is 0.418. The van der Waals surface area contributed by atoms with Crippen LogP contribution in [0.4, 0.5) is 0 Å². The predicted octanol–water partition coefficient (Wildman–Crippen LogP) is 2.70. The van der Waals surface area contributed by atoms with Crippen molar-refractivity contribution in [1.82, 2.24) is 0 Å². The van der Waals surface area contributed by atoms with Gasteiger partial charge in [-0.15, -0.1) is 0 Å². The zero-order valence-electron chi connectivity index (χ0n) is 8.76. The highest BCUT2D eigenvalue weighted by molar-refractivity contribution is 5.83. The zero-order chi connectivity index (χ0) is 10.7. The van der Waals surface area contributed by atoms with Crippen LogP contribution in [-0.2, 0) is 4.79 Å². The van der Waals surface area contributed by atoms with Crippen molar-refractivity contribution in [2.75, 3.05) is 0 Å². The molecule has 0 aliphatic rings. The summed E-state index contributed by atoms with van der Waals surface area (Å²) in [7, 11) is 0. The van der Waals surface area contributed by atoms with E-state index in [1.807, 2.05) is 26.8 Å². The van der Waals surface area contributed by atoms with E-state index in [0.29, 0.717) is 5.75 Å². The van der Waals surface area contributed by atoms with Crippen LogP contribution in [-0.4, -0.2) is 5.97 Å². The minimum Gasteiger partial charge on any atom is -0.423 e. The molecule has 0 heterocycles. The topological polar surface area (TPSA) is 26.3 Å². The average Bonchev–Trinajstić information content (AvgIpc) is 2.13. The summed E-state index contributed by atoms with van der Waals surface area (Å²) in [4.78, 5) is 11.0. The van der Waals surface area contributed by atoms with E-state index in [0.717, 1.165) is 22.8 Å². The Morgan fingerprint density at radius 2 is 2.00 bits per heavy atom. The molecule has 2 heteroatoms. The first kappa shape index (κ1) is 10.5. The summed E-state index contributed by atoms with van der Waals surface area (Å²) in [6.45, 7) is 9.25. The molecule has 1 aromatic carbocycles. The van der Waals surface area contributed by atoms with Crippen LogP contribution in [0.5, 0.6) is 5.75 Å². The Morgan fingerprint density at radius 3 is 2.57 bits per heavy atom. The molecular weight excluding hydrogens is 176 g/mol. The molecule has 0 spiro atoms. The van der Waals surface area contributed by atoms with Gasteiger partial charge in [0.2, 0.25) is 0 Å². The molecule has 0 saturated carbocycles. The van der Waals surface area contributed by atoms with Crippen LogP contribution in [0.1, 0.15) is 16.7 Å². The molecule has 0 atom stereocenters. The standard InChI is InChI=1S/C12H14O2/c1-5-12(13)14-11-7-8(2)6-9(3)10(11)4/h5-7H,1H2,2-4H3. The van der Waals surface area contributed by atoms with E-state index in [1.165, 1.54) is 0 Å². The first-order chi connectivity index (χ1) is 6.54. The van der Waals surface area contributed by atoms with Crippen LogP contribution < -0.4 is 4.74 Å². The van der Waals surface area contributed by atoms with Gasteiger partial charge < -0.3 is 4.74 Å². The van der Waals surface area contributed by atoms with Crippen molar-refractivity contribution in [2.24, 2.45) is 0 Å². The van der Waals surface area contributed by atoms with Crippen molar-refractivity contribution in [2.45, 2.75) is 20.8 Å². The Balaban J connectivity index is 3.07. The highest BCUT2D eigenvalue weighted by Gasteiger charge is 2.06. The van der Waals surface area contributed by atoms with Crippen molar-refractivity contribution < 1.29 is 9.53 Å². The molecule has 0 aromatic heterocycles. The maximum atomic E-state index is 11.0. The van der Waals surface area contributed by atoms with E-state index in [-0.39, 0.29) is 0 Å². The van der Waals surface area contributed by atoms with E-state index in [4.69, 9.17) is 4.74 Å². The van der Waals surface area contributed by atoms with E-state index in [2.05, 4.69) is 12.6 Å². The Morgan fingerprint density at radius 1 is 1.36 bits per heavy atom. The highest BCUT2D eigenvalue weighted by Crippen LogP contribution is 2.23. The first-order valence-electron chi connectivity index (χ1n) is 4.46. The summed E-state index contributed by atoms with van der Waals surface area (Å²) >= 11 is 0. The third-order valence-corrected chi connectivity index (χ3v) is 2.14. The number of aryl methyl sites for hydroxylation is 2. The van der Waals surface area contributed by atoms with Gasteiger partial charge in [0.15, 0.2) is 0 Å². The van der Waals surface area contributed by atoms with E-state index in [1.54, 1.807) is 0 Å². The lowest BCUT2D eigenvalue weighted by atomic mass is 10.1. The second-order valence-corrected chi connectivity index (χ2v) is 3.33. The molecule has 0 saturated heterocycles. The van der Waals surface area contributed by atoms with Gasteiger partial charge in [-0.25, -0.2) is 4.79 Å². The number of benzene rings is 1. The molecule has 0 radical (unpaired) electrons.